The number of aromatic nitrogens is 2. The first kappa shape index (κ1) is 9.61. The molecule has 1 N–H and O–H groups in total. The molecule has 0 aliphatic heterocycles. The van der Waals surface area contributed by atoms with Crippen molar-refractivity contribution in [3.63, 3.8) is 0 Å². The Morgan fingerprint density at radius 2 is 2.29 bits per heavy atom. The molecule has 2 rings (SSSR count). The predicted molar refractivity (Wildman–Crippen MR) is 60.6 cm³/mol. The fourth-order valence-corrected chi connectivity index (χ4v) is 2.29. The van der Waals surface area contributed by atoms with Crippen molar-refractivity contribution >= 4 is 27.3 Å². The van der Waals surface area contributed by atoms with Gasteiger partial charge in [0.2, 0.25) is 0 Å². The molecule has 0 atom stereocenters. The van der Waals surface area contributed by atoms with E-state index in [1.807, 2.05) is 11.4 Å². The van der Waals surface area contributed by atoms with Crippen LogP contribution >= 0.6 is 27.3 Å². The first-order valence-corrected chi connectivity index (χ1v) is 5.65. The molecule has 5 heteroatoms. The summed E-state index contributed by atoms with van der Waals surface area (Å²) in [6.07, 6.45) is 0. The number of hydrogen-bond acceptors (Lipinski definition) is 3. The lowest BCUT2D eigenvalue weighted by atomic mass is 10.3. The zero-order chi connectivity index (χ0) is 10.1. The third kappa shape index (κ3) is 1.93. The van der Waals surface area contributed by atoms with E-state index in [0.717, 1.165) is 15.0 Å². The van der Waals surface area contributed by atoms with Gasteiger partial charge >= 0.3 is 0 Å². The van der Waals surface area contributed by atoms with Crippen molar-refractivity contribution in [2.45, 2.75) is 6.92 Å². The van der Waals surface area contributed by atoms with E-state index in [4.69, 9.17) is 0 Å². The Labute approximate surface area is 93.0 Å². The fourth-order valence-electron chi connectivity index (χ4n) is 1.15. The molecule has 0 aliphatic carbocycles. The minimum Gasteiger partial charge on any atom is -0.306 e. The van der Waals surface area contributed by atoms with Crippen molar-refractivity contribution in [2.24, 2.45) is 0 Å². The van der Waals surface area contributed by atoms with Gasteiger partial charge in [-0.3, -0.25) is 4.79 Å². The summed E-state index contributed by atoms with van der Waals surface area (Å²) < 4.78 is 1.02. The average Bonchev–Trinajstić information content (AvgIpc) is 2.50. The molecule has 0 fully saturated rings. The molecule has 0 saturated carbocycles. The molecule has 3 nitrogen and oxygen atoms in total. The maximum Gasteiger partial charge on any atom is 0.251 e. The molecule has 0 radical (unpaired) electrons. The summed E-state index contributed by atoms with van der Waals surface area (Å²) in [6.45, 7) is 1.81. The molecule has 0 bridgehead atoms. The van der Waals surface area contributed by atoms with Crippen LogP contribution in [0.4, 0.5) is 0 Å². The van der Waals surface area contributed by atoms with Gasteiger partial charge in [0.15, 0.2) is 0 Å². The first-order valence-electron chi connectivity index (χ1n) is 3.97. The molecule has 0 spiro atoms. The highest BCUT2D eigenvalue weighted by molar-refractivity contribution is 9.11. The number of aryl methyl sites for hydroxylation is 1. The van der Waals surface area contributed by atoms with Gasteiger partial charge in [-0.2, -0.15) is 0 Å². The number of nitrogens with one attached hydrogen (secondary N) is 1. The Hall–Kier alpha value is -0.940. The van der Waals surface area contributed by atoms with Crippen LogP contribution in [-0.2, 0) is 0 Å². The van der Waals surface area contributed by atoms with Gasteiger partial charge in [-0.15, -0.1) is 11.3 Å². The van der Waals surface area contributed by atoms with Crippen LogP contribution < -0.4 is 5.56 Å². The van der Waals surface area contributed by atoms with Gasteiger partial charge < -0.3 is 4.98 Å². The van der Waals surface area contributed by atoms with Gasteiger partial charge in [0.1, 0.15) is 5.82 Å². The summed E-state index contributed by atoms with van der Waals surface area (Å²) in [6, 6.07) is 3.41. The lowest BCUT2D eigenvalue weighted by Gasteiger charge is -1.97. The number of H-pyrrole nitrogens is 1. The van der Waals surface area contributed by atoms with Crippen molar-refractivity contribution in [3.8, 4) is 11.4 Å². The van der Waals surface area contributed by atoms with Crippen LogP contribution in [0.3, 0.4) is 0 Å². The molecular formula is C9H7BrN2OS. The lowest BCUT2D eigenvalue weighted by molar-refractivity contribution is 1.08. The Kier molecular flexibility index (Phi) is 2.52. The number of nitrogens with zero attached hydrogens (tertiary/aromatic N) is 1. The zero-order valence-electron chi connectivity index (χ0n) is 7.37. The smallest absolute Gasteiger partial charge is 0.251 e. The molecule has 2 aromatic heterocycles. The summed E-state index contributed by atoms with van der Waals surface area (Å²) in [5.74, 6) is 0.622. The Balaban J connectivity index is 2.56. The van der Waals surface area contributed by atoms with E-state index in [0.29, 0.717) is 5.82 Å². The summed E-state index contributed by atoms with van der Waals surface area (Å²) >= 11 is 4.93. The normalized spacial score (nSPS) is 10.4. The van der Waals surface area contributed by atoms with Crippen LogP contribution in [0.15, 0.2) is 26.1 Å². The van der Waals surface area contributed by atoms with Crippen molar-refractivity contribution in [1.82, 2.24) is 9.97 Å². The van der Waals surface area contributed by atoms with Gasteiger partial charge in [-0.25, -0.2) is 4.98 Å². The summed E-state index contributed by atoms with van der Waals surface area (Å²) in [4.78, 5) is 18.1. The maximum atomic E-state index is 11.2. The molecule has 0 aliphatic rings. The molecule has 14 heavy (non-hydrogen) atoms. The summed E-state index contributed by atoms with van der Waals surface area (Å²) in [7, 11) is 0. The van der Waals surface area contributed by atoms with Crippen LogP contribution in [0.25, 0.3) is 11.4 Å². The molecule has 72 valence electrons. The van der Waals surface area contributed by atoms with E-state index in [1.54, 1.807) is 18.3 Å². The molecule has 2 aromatic rings. The van der Waals surface area contributed by atoms with E-state index < -0.39 is 0 Å². The maximum absolute atomic E-state index is 11.2. The standard InChI is InChI=1S/C9H7BrN2OS/c1-5-2-8(13)12-9(11-5)6-3-7(10)14-4-6/h2-4H,1H3,(H,11,12,13). The first-order chi connectivity index (χ1) is 6.65. The van der Waals surface area contributed by atoms with Crippen molar-refractivity contribution in [1.29, 1.82) is 0 Å². The number of hydrogen-bond donors (Lipinski definition) is 1. The molecule has 0 aromatic carbocycles. The molecule has 0 unspecified atom stereocenters. The Bertz CT molecular complexity index is 518. The predicted octanol–water partition coefficient (Wildman–Crippen LogP) is 2.57. The van der Waals surface area contributed by atoms with Gasteiger partial charge in [0.25, 0.3) is 5.56 Å². The van der Waals surface area contributed by atoms with Crippen LogP contribution in [0.2, 0.25) is 0 Å². The third-order valence-electron chi connectivity index (χ3n) is 1.71. The highest BCUT2D eigenvalue weighted by atomic mass is 79.9. The number of rotatable bonds is 1. The second kappa shape index (κ2) is 3.67. The zero-order valence-corrected chi connectivity index (χ0v) is 9.78. The number of aromatic amines is 1. The van der Waals surface area contributed by atoms with Crippen molar-refractivity contribution < 1.29 is 0 Å². The molecular weight excluding hydrogens is 264 g/mol. The second-order valence-corrected chi connectivity index (χ2v) is 5.17. The van der Waals surface area contributed by atoms with Crippen molar-refractivity contribution in [3.05, 3.63) is 37.3 Å². The van der Waals surface area contributed by atoms with Crippen LogP contribution in [0, 0.1) is 6.92 Å². The van der Waals surface area contributed by atoms with E-state index in [-0.39, 0.29) is 5.56 Å². The quantitative estimate of drug-likeness (QED) is 0.866. The van der Waals surface area contributed by atoms with E-state index in [9.17, 15) is 4.79 Å². The Morgan fingerprint density at radius 3 is 2.86 bits per heavy atom. The minimum atomic E-state index is -0.116. The fraction of sp³-hybridized carbons (Fsp3) is 0.111. The van der Waals surface area contributed by atoms with Crippen molar-refractivity contribution in [2.75, 3.05) is 0 Å². The van der Waals surface area contributed by atoms with E-state index >= 15 is 0 Å². The molecule has 0 saturated heterocycles. The SMILES string of the molecule is Cc1cc(=O)[nH]c(-c2csc(Br)c2)n1. The van der Waals surface area contributed by atoms with Crippen LogP contribution in [0.1, 0.15) is 5.69 Å². The molecule has 2 heterocycles. The summed E-state index contributed by atoms with van der Waals surface area (Å²) in [5, 5.41) is 1.95. The lowest BCUT2D eigenvalue weighted by Crippen LogP contribution is -2.08. The third-order valence-corrected chi connectivity index (χ3v) is 3.22. The van der Waals surface area contributed by atoms with E-state index in [1.165, 1.54) is 6.07 Å². The number of halogens is 1. The largest absolute Gasteiger partial charge is 0.306 e. The van der Waals surface area contributed by atoms with Gasteiger partial charge in [0.05, 0.1) is 3.79 Å². The van der Waals surface area contributed by atoms with Gasteiger partial charge in [-0.05, 0) is 28.9 Å². The second-order valence-electron chi connectivity index (χ2n) is 2.87. The van der Waals surface area contributed by atoms with Crippen LogP contribution in [0.5, 0.6) is 0 Å². The monoisotopic (exact) mass is 270 g/mol. The molecule has 0 amide bonds. The van der Waals surface area contributed by atoms with E-state index in [2.05, 4.69) is 25.9 Å². The minimum absolute atomic E-state index is 0.116. The highest BCUT2D eigenvalue weighted by Crippen LogP contribution is 2.26. The number of thiophene rings is 1. The van der Waals surface area contributed by atoms with Crippen LogP contribution in [-0.4, -0.2) is 9.97 Å². The Morgan fingerprint density at radius 1 is 1.50 bits per heavy atom. The topological polar surface area (TPSA) is 45.8 Å². The highest BCUT2D eigenvalue weighted by Gasteiger charge is 2.03. The summed E-state index contributed by atoms with van der Waals surface area (Å²) in [5.41, 5.74) is 1.54. The van der Waals surface area contributed by atoms with Gasteiger partial charge in [-0.1, -0.05) is 0 Å². The average molecular weight is 271 g/mol. The van der Waals surface area contributed by atoms with Gasteiger partial charge in [0, 0.05) is 22.7 Å².